The molecule has 0 N–H and O–H groups in total. The van der Waals surface area contributed by atoms with Crippen molar-refractivity contribution in [2.75, 3.05) is 32.7 Å². The highest BCUT2D eigenvalue weighted by molar-refractivity contribution is 5.75. The molecule has 1 aliphatic rings. The van der Waals surface area contributed by atoms with Gasteiger partial charge in [-0.1, -0.05) is 13.8 Å². The van der Waals surface area contributed by atoms with Gasteiger partial charge in [-0.15, -0.1) is 0 Å². The summed E-state index contributed by atoms with van der Waals surface area (Å²) in [5.41, 5.74) is 0. The van der Waals surface area contributed by atoms with Crippen LogP contribution < -0.4 is 0 Å². The molecule has 0 aromatic rings. The first kappa shape index (κ1) is 14.5. The van der Waals surface area contributed by atoms with Crippen molar-refractivity contribution < 1.29 is 4.79 Å². The normalized spacial score (nSPS) is 18.3. The van der Waals surface area contributed by atoms with Crippen molar-refractivity contribution in [1.29, 1.82) is 0 Å². The van der Waals surface area contributed by atoms with E-state index >= 15 is 0 Å². The first-order chi connectivity index (χ1) is 8.17. The molecule has 0 radical (unpaired) electrons. The second-order valence-corrected chi connectivity index (χ2v) is 5.20. The number of carbonyl (C=O) groups is 1. The molecule has 1 saturated heterocycles. The van der Waals surface area contributed by atoms with Gasteiger partial charge in [0.05, 0.1) is 0 Å². The molecule has 1 aliphatic heterocycles. The van der Waals surface area contributed by atoms with E-state index in [1.165, 1.54) is 25.9 Å². The van der Waals surface area contributed by atoms with E-state index in [0.29, 0.717) is 12.3 Å². The quantitative estimate of drug-likeness (QED) is 0.711. The van der Waals surface area contributed by atoms with Gasteiger partial charge in [-0.05, 0) is 51.7 Å². The fourth-order valence-corrected chi connectivity index (χ4v) is 2.45. The first-order valence-electron chi connectivity index (χ1n) is 7.17. The van der Waals surface area contributed by atoms with Crippen molar-refractivity contribution in [2.45, 2.75) is 46.5 Å². The highest BCUT2D eigenvalue weighted by Crippen LogP contribution is 2.15. The van der Waals surface area contributed by atoms with Crippen molar-refractivity contribution in [2.24, 2.45) is 5.92 Å². The molecule has 0 aliphatic carbocycles. The van der Waals surface area contributed by atoms with Crippen LogP contribution in [0, 0.1) is 5.92 Å². The average Bonchev–Trinajstić information content (AvgIpc) is 2.36. The van der Waals surface area contributed by atoms with Crippen LogP contribution in [-0.4, -0.2) is 48.4 Å². The van der Waals surface area contributed by atoms with Crippen LogP contribution in [0.3, 0.4) is 0 Å². The molecular formula is C14H28N2O. The number of amides is 1. The van der Waals surface area contributed by atoms with Crippen molar-refractivity contribution in [3.05, 3.63) is 0 Å². The summed E-state index contributed by atoms with van der Waals surface area (Å²) < 4.78 is 0. The summed E-state index contributed by atoms with van der Waals surface area (Å²) >= 11 is 0. The zero-order valence-electron chi connectivity index (χ0n) is 11.7. The number of hydrogen-bond acceptors (Lipinski definition) is 2. The minimum absolute atomic E-state index is 0.291. The largest absolute Gasteiger partial charge is 0.343 e. The second kappa shape index (κ2) is 7.70. The van der Waals surface area contributed by atoms with E-state index in [0.717, 1.165) is 32.0 Å². The Balaban J connectivity index is 2.16. The fraction of sp³-hybridized carbons (Fsp3) is 0.929. The molecule has 0 saturated carbocycles. The molecule has 0 bridgehead atoms. The third kappa shape index (κ3) is 5.07. The Kier molecular flexibility index (Phi) is 6.56. The summed E-state index contributed by atoms with van der Waals surface area (Å²) in [7, 11) is 0. The Morgan fingerprint density at radius 2 is 1.94 bits per heavy atom. The third-order valence-electron chi connectivity index (χ3n) is 3.82. The van der Waals surface area contributed by atoms with Gasteiger partial charge in [0, 0.05) is 19.5 Å². The van der Waals surface area contributed by atoms with Gasteiger partial charge in [0.1, 0.15) is 0 Å². The maximum atomic E-state index is 11.6. The Hall–Kier alpha value is -0.570. The maximum absolute atomic E-state index is 11.6. The Labute approximate surface area is 106 Å². The Bertz CT molecular complexity index is 222. The van der Waals surface area contributed by atoms with Gasteiger partial charge in [0.2, 0.25) is 5.91 Å². The van der Waals surface area contributed by atoms with E-state index in [-0.39, 0.29) is 0 Å². The maximum Gasteiger partial charge on any atom is 0.222 e. The van der Waals surface area contributed by atoms with Crippen LogP contribution in [0.15, 0.2) is 0 Å². The van der Waals surface area contributed by atoms with Gasteiger partial charge >= 0.3 is 0 Å². The SMILES string of the molecule is CCC(=O)N(CC)CCCN1CCC(C)CC1. The lowest BCUT2D eigenvalue weighted by Gasteiger charge is -2.31. The monoisotopic (exact) mass is 240 g/mol. The van der Waals surface area contributed by atoms with Crippen molar-refractivity contribution >= 4 is 5.91 Å². The smallest absolute Gasteiger partial charge is 0.222 e. The molecule has 0 aromatic heterocycles. The van der Waals surface area contributed by atoms with Crippen molar-refractivity contribution in [3.8, 4) is 0 Å². The molecule has 0 atom stereocenters. The third-order valence-corrected chi connectivity index (χ3v) is 3.82. The molecular weight excluding hydrogens is 212 g/mol. The molecule has 1 amide bonds. The molecule has 1 fully saturated rings. The van der Waals surface area contributed by atoms with Crippen LogP contribution in [0.25, 0.3) is 0 Å². The number of nitrogens with zero attached hydrogens (tertiary/aromatic N) is 2. The average molecular weight is 240 g/mol. The minimum Gasteiger partial charge on any atom is -0.343 e. The lowest BCUT2D eigenvalue weighted by Crippen LogP contribution is -2.37. The van der Waals surface area contributed by atoms with Gasteiger partial charge < -0.3 is 9.80 Å². The molecule has 0 aromatic carbocycles. The van der Waals surface area contributed by atoms with E-state index in [2.05, 4.69) is 18.7 Å². The zero-order chi connectivity index (χ0) is 12.7. The summed E-state index contributed by atoms with van der Waals surface area (Å²) in [5.74, 6) is 1.19. The first-order valence-corrected chi connectivity index (χ1v) is 7.17. The molecule has 3 nitrogen and oxygen atoms in total. The highest BCUT2D eigenvalue weighted by Gasteiger charge is 2.15. The number of hydrogen-bond donors (Lipinski definition) is 0. The molecule has 1 rings (SSSR count). The second-order valence-electron chi connectivity index (χ2n) is 5.20. The highest BCUT2D eigenvalue weighted by atomic mass is 16.2. The van der Waals surface area contributed by atoms with E-state index < -0.39 is 0 Å². The predicted octanol–water partition coefficient (Wildman–Crippen LogP) is 2.37. The van der Waals surface area contributed by atoms with E-state index in [1.54, 1.807) is 0 Å². The van der Waals surface area contributed by atoms with Crippen LogP contribution in [-0.2, 0) is 4.79 Å². The van der Waals surface area contributed by atoms with Gasteiger partial charge in [-0.2, -0.15) is 0 Å². The summed E-state index contributed by atoms with van der Waals surface area (Å²) in [6.07, 6.45) is 4.43. The molecule has 1 heterocycles. The Morgan fingerprint density at radius 1 is 1.29 bits per heavy atom. The van der Waals surface area contributed by atoms with Gasteiger partial charge in [-0.25, -0.2) is 0 Å². The van der Waals surface area contributed by atoms with Crippen LogP contribution in [0.1, 0.15) is 46.5 Å². The fourth-order valence-electron chi connectivity index (χ4n) is 2.45. The van der Waals surface area contributed by atoms with Gasteiger partial charge in [-0.3, -0.25) is 4.79 Å². The van der Waals surface area contributed by atoms with Crippen LogP contribution in [0.5, 0.6) is 0 Å². The topological polar surface area (TPSA) is 23.6 Å². The standard InChI is InChI=1S/C14H28N2O/c1-4-14(17)16(5-2)10-6-9-15-11-7-13(3)8-12-15/h13H,4-12H2,1-3H3. The number of likely N-dealkylation sites (tertiary alicyclic amines) is 1. The zero-order valence-corrected chi connectivity index (χ0v) is 11.7. The van der Waals surface area contributed by atoms with Gasteiger partial charge in [0.25, 0.3) is 0 Å². The lowest BCUT2D eigenvalue weighted by atomic mass is 9.99. The molecule has 17 heavy (non-hydrogen) atoms. The Morgan fingerprint density at radius 3 is 2.47 bits per heavy atom. The van der Waals surface area contributed by atoms with E-state index in [4.69, 9.17) is 0 Å². The van der Waals surface area contributed by atoms with Crippen molar-refractivity contribution in [1.82, 2.24) is 9.80 Å². The summed E-state index contributed by atoms with van der Waals surface area (Å²) in [6, 6.07) is 0. The van der Waals surface area contributed by atoms with E-state index in [1.807, 2.05) is 11.8 Å². The molecule has 0 spiro atoms. The number of rotatable bonds is 6. The molecule has 3 heteroatoms. The van der Waals surface area contributed by atoms with E-state index in [9.17, 15) is 4.79 Å². The molecule has 0 unspecified atom stereocenters. The molecule has 100 valence electrons. The van der Waals surface area contributed by atoms with Gasteiger partial charge in [0.15, 0.2) is 0 Å². The van der Waals surface area contributed by atoms with Crippen LogP contribution >= 0.6 is 0 Å². The lowest BCUT2D eigenvalue weighted by molar-refractivity contribution is -0.130. The summed E-state index contributed by atoms with van der Waals surface area (Å²) in [6.45, 7) is 11.8. The number of carbonyl (C=O) groups excluding carboxylic acids is 1. The minimum atomic E-state index is 0.291. The predicted molar refractivity (Wildman–Crippen MR) is 72.0 cm³/mol. The summed E-state index contributed by atoms with van der Waals surface area (Å²) in [5, 5.41) is 0. The van der Waals surface area contributed by atoms with Crippen molar-refractivity contribution in [3.63, 3.8) is 0 Å². The number of piperidine rings is 1. The van der Waals surface area contributed by atoms with Crippen LogP contribution in [0.2, 0.25) is 0 Å². The summed E-state index contributed by atoms with van der Waals surface area (Å²) in [4.78, 5) is 16.1. The van der Waals surface area contributed by atoms with Crippen LogP contribution in [0.4, 0.5) is 0 Å².